The second kappa shape index (κ2) is 8.59. The summed E-state index contributed by atoms with van der Waals surface area (Å²) in [7, 11) is 0.758. The Kier molecular flexibility index (Phi) is 7.46. The van der Waals surface area contributed by atoms with Gasteiger partial charge in [-0.1, -0.05) is 25.7 Å². The van der Waals surface area contributed by atoms with Crippen molar-refractivity contribution in [2.75, 3.05) is 0 Å². The summed E-state index contributed by atoms with van der Waals surface area (Å²) < 4.78 is 44.7. The predicted octanol–water partition coefficient (Wildman–Crippen LogP) is 4.06. The van der Waals surface area contributed by atoms with Crippen LogP contribution in [-0.2, 0) is 10.8 Å². The molecule has 0 heterocycles. The van der Waals surface area contributed by atoms with E-state index < -0.39 is 17.5 Å². The second-order valence-electron chi connectivity index (χ2n) is 6.09. The minimum absolute atomic E-state index is 0.0129. The van der Waals surface area contributed by atoms with Gasteiger partial charge in [0.15, 0.2) is 11.6 Å². The summed E-state index contributed by atoms with van der Waals surface area (Å²) in [6.45, 7) is 4.21. The average Bonchev–Trinajstić information content (AvgIpc) is 2.43. The van der Waals surface area contributed by atoms with Crippen molar-refractivity contribution in [2.24, 2.45) is 0 Å². The fourth-order valence-electron chi connectivity index (χ4n) is 2.25. The minimum Gasteiger partial charge on any atom is -0.423 e. The van der Waals surface area contributed by atoms with E-state index in [0.717, 1.165) is 55.1 Å². The van der Waals surface area contributed by atoms with E-state index in [9.17, 15) is 13.2 Å². The van der Waals surface area contributed by atoms with Crippen molar-refractivity contribution >= 4 is 10.5 Å². The highest BCUT2D eigenvalue weighted by molar-refractivity contribution is 5.98. The molecule has 0 aliphatic carbocycles. The van der Waals surface area contributed by atoms with Gasteiger partial charge in [-0.05, 0) is 44.7 Å². The Morgan fingerprint density at radius 3 is 2.14 bits per heavy atom. The van der Waals surface area contributed by atoms with Crippen LogP contribution in [0.3, 0.4) is 0 Å². The molecule has 0 spiro atoms. The van der Waals surface area contributed by atoms with Crippen LogP contribution < -0.4 is 0 Å². The fourth-order valence-corrected chi connectivity index (χ4v) is 2.46. The molecule has 0 saturated carbocycles. The van der Waals surface area contributed by atoms with Crippen molar-refractivity contribution in [1.82, 2.24) is 0 Å². The summed E-state index contributed by atoms with van der Waals surface area (Å²) in [6, 6.07) is 1.59. The zero-order chi connectivity index (χ0) is 15.9. The normalized spacial score (nSPS) is 12.0. The SMILES string of the molecule is CC(C)(CCCCCCCc1cc(F)c(F)cc1F)O[SiH3]. The molecule has 0 aliphatic rings. The van der Waals surface area contributed by atoms with Crippen LogP contribution in [0.25, 0.3) is 0 Å². The van der Waals surface area contributed by atoms with Crippen LogP contribution in [0.5, 0.6) is 0 Å². The fraction of sp³-hybridized carbons (Fsp3) is 0.625. The molecular formula is C16H25F3OSi. The largest absolute Gasteiger partial charge is 0.423 e. The second-order valence-corrected chi connectivity index (χ2v) is 6.50. The lowest BCUT2D eigenvalue weighted by Gasteiger charge is -2.23. The van der Waals surface area contributed by atoms with E-state index in [1.807, 2.05) is 0 Å². The van der Waals surface area contributed by atoms with Gasteiger partial charge in [0, 0.05) is 11.7 Å². The summed E-state index contributed by atoms with van der Waals surface area (Å²) >= 11 is 0. The number of halogens is 3. The Labute approximate surface area is 128 Å². The molecule has 5 heteroatoms. The van der Waals surface area contributed by atoms with Gasteiger partial charge in [-0.3, -0.25) is 0 Å². The number of aryl methyl sites for hydroxylation is 1. The Hall–Kier alpha value is -0.813. The van der Waals surface area contributed by atoms with E-state index in [-0.39, 0.29) is 11.2 Å². The third kappa shape index (κ3) is 6.65. The first-order valence-corrected chi connectivity index (χ1v) is 8.36. The van der Waals surface area contributed by atoms with Crippen molar-refractivity contribution in [2.45, 2.75) is 64.4 Å². The molecule has 0 aromatic heterocycles. The van der Waals surface area contributed by atoms with Gasteiger partial charge >= 0.3 is 0 Å². The maximum absolute atomic E-state index is 13.4. The van der Waals surface area contributed by atoms with Crippen LogP contribution in [0.2, 0.25) is 0 Å². The van der Waals surface area contributed by atoms with Gasteiger partial charge in [-0.2, -0.15) is 0 Å². The number of rotatable bonds is 9. The molecule has 120 valence electrons. The first-order chi connectivity index (χ1) is 9.85. The van der Waals surface area contributed by atoms with E-state index in [0.29, 0.717) is 12.5 Å². The molecule has 0 atom stereocenters. The molecule has 21 heavy (non-hydrogen) atoms. The molecule has 0 aliphatic heterocycles. The Balaban J connectivity index is 2.19. The maximum Gasteiger partial charge on any atom is 0.161 e. The average molecular weight is 318 g/mol. The highest BCUT2D eigenvalue weighted by Gasteiger charge is 2.14. The molecule has 1 nitrogen and oxygen atoms in total. The van der Waals surface area contributed by atoms with E-state index >= 15 is 0 Å². The number of hydrogen-bond donors (Lipinski definition) is 0. The van der Waals surface area contributed by atoms with Crippen LogP contribution in [-0.4, -0.2) is 16.1 Å². The lowest BCUT2D eigenvalue weighted by molar-refractivity contribution is 0.109. The van der Waals surface area contributed by atoms with Crippen LogP contribution in [0.4, 0.5) is 13.2 Å². The van der Waals surface area contributed by atoms with Gasteiger partial charge in [-0.15, -0.1) is 0 Å². The zero-order valence-electron chi connectivity index (χ0n) is 13.1. The van der Waals surface area contributed by atoms with Gasteiger partial charge < -0.3 is 4.43 Å². The Bertz CT molecular complexity index is 449. The summed E-state index contributed by atoms with van der Waals surface area (Å²) in [4.78, 5) is 0. The molecule has 0 radical (unpaired) electrons. The summed E-state index contributed by atoms with van der Waals surface area (Å²) in [6.07, 6.45) is 6.58. The first-order valence-electron chi connectivity index (χ1n) is 7.54. The molecule has 0 amide bonds. The molecular weight excluding hydrogens is 293 g/mol. The van der Waals surface area contributed by atoms with E-state index in [2.05, 4.69) is 13.8 Å². The van der Waals surface area contributed by atoms with Gasteiger partial charge in [0.1, 0.15) is 16.3 Å². The van der Waals surface area contributed by atoms with E-state index in [1.54, 1.807) is 0 Å². The number of hydrogen-bond acceptors (Lipinski definition) is 1. The molecule has 0 fully saturated rings. The lowest BCUT2D eigenvalue weighted by Crippen LogP contribution is -2.22. The van der Waals surface area contributed by atoms with Crippen LogP contribution >= 0.6 is 0 Å². The Morgan fingerprint density at radius 2 is 1.48 bits per heavy atom. The molecule has 1 aromatic carbocycles. The van der Waals surface area contributed by atoms with Crippen molar-refractivity contribution in [3.05, 3.63) is 35.1 Å². The van der Waals surface area contributed by atoms with Crippen molar-refractivity contribution in [1.29, 1.82) is 0 Å². The standard InChI is InChI=1S/C16H25F3OSi/c1-16(2,20-21)9-7-5-3-4-6-8-12-10-14(18)15(19)11-13(12)17/h10-11H,3-9H2,1-2,21H3. The smallest absolute Gasteiger partial charge is 0.161 e. The van der Waals surface area contributed by atoms with Crippen molar-refractivity contribution in [3.8, 4) is 0 Å². The Morgan fingerprint density at radius 1 is 0.905 bits per heavy atom. The van der Waals surface area contributed by atoms with Crippen molar-refractivity contribution < 1.29 is 17.6 Å². The highest BCUT2D eigenvalue weighted by Crippen LogP contribution is 2.19. The topological polar surface area (TPSA) is 9.23 Å². The third-order valence-corrected chi connectivity index (χ3v) is 4.97. The molecule has 0 N–H and O–H groups in total. The summed E-state index contributed by atoms with van der Waals surface area (Å²) in [5.41, 5.74) is 0.250. The number of benzene rings is 1. The first kappa shape index (κ1) is 18.2. The monoisotopic (exact) mass is 318 g/mol. The van der Waals surface area contributed by atoms with Gasteiger partial charge in [0.05, 0.1) is 0 Å². The predicted molar refractivity (Wildman–Crippen MR) is 82.8 cm³/mol. The molecule has 0 bridgehead atoms. The van der Waals surface area contributed by atoms with Gasteiger partial charge in [0.25, 0.3) is 0 Å². The number of unbranched alkanes of at least 4 members (excludes halogenated alkanes) is 4. The molecule has 1 aromatic rings. The van der Waals surface area contributed by atoms with Gasteiger partial charge in [0.2, 0.25) is 0 Å². The molecule has 1 rings (SSSR count). The van der Waals surface area contributed by atoms with Crippen LogP contribution in [0, 0.1) is 17.5 Å². The van der Waals surface area contributed by atoms with Crippen molar-refractivity contribution in [3.63, 3.8) is 0 Å². The third-order valence-electron chi connectivity index (χ3n) is 3.87. The van der Waals surface area contributed by atoms with Crippen LogP contribution in [0.15, 0.2) is 12.1 Å². The quantitative estimate of drug-likeness (QED) is 0.379. The van der Waals surface area contributed by atoms with E-state index in [1.165, 1.54) is 0 Å². The lowest BCUT2D eigenvalue weighted by atomic mass is 9.99. The van der Waals surface area contributed by atoms with Gasteiger partial charge in [-0.25, -0.2) is 13.2 Å². The van der Waals surface area contributed by atoms with E-state index in [4.69, 9.17) is 4.43 Å². The summed E-state index contributed by atoms with van der Waals surface area (Å²) in [5.74, 6) is -2.75. The molecule has 0 saturated heterocycles. The van der Waals surface area contributed by atoms with Crippen LogP contribution in [0.1, 0.15) is 57.9 Å². The highest BCUT2D eigenvalue weighted by atomic mass is 28.2. The maximum atomic E-state index is 13.4. The zero-order valence-corrected chi connectivity index (χ0v) is 15.1. The minimum atomic E-state index is -1.12. The summed E-state index contributed by atoms with van der Waals surface area (Å²) in [5, 5.41) is 0. The molecule has 0 unspecified atom stereocenters.